The largest absolute Gasteiger partial charge is 0.339 e. The zero-order chi connectivity index (χ0) is 17.6. The topological polar surface area (TPSA) is 88.5 Å². The van der Waals surface area contributed by atoms with Crippen molar-refractivity contribution >= 4 is 5.91 Å². The van der Waals surface area contributed by atoms with E-state index in [-0.39, 0.29) is 5.91 Å². The van der Waals surface area contributed by atoms with Crippen molar-refractivity contribution in [3.63, 3.8) is 0 Å². The van der Waals surface area contributed by atoms with Gasteiger partial charge in [0.2, 0.25) is 11.8 Å². The Balaban J connectivity index is 1.47. The van der Waals surface area contributed by atoms with Gasteiger partial charge in [0.25, 0.3) is 0 Å². The maximum atomic E-state index is 12.6. The number of nitrogens with zero attached hydrogens (tertiary/aromatic N) is 4. The SMILES string of the molecule is CCc1nc(CN2CCN(C(=O)C(N)Cc3ccccc3)CC2)no1. The van der Waals surface area contributed by atoms with Gasteiger partial charge < -0.3 is 15.2 Å². The van der Waals surface area contributed by atoms with Crippen LogP contribution in [0.15, 0.2) is 34.9 Å². The lowest BCUT2D eigenvalue weighted by molar-refractivity contribution is -0.134. The van der Waals surface area contributed by atoms with Crippen LogP contribution in [-0.4, -0.2) is 58.1 Å². The predicted molar refractivity (Wildman–Crippen MR) is 93.7 cm³/mol. The minimum absolute atomic E-state index is 0.0244. The number of benzene rings is 1. The normalized spacial score (nSPS) is 16.8. The van der Waals surface area contributed by atoms with Gasteiger partial charge in [0.05, 0.1) is 12.6 Å². The van der Waals surface area contributed by atoms with Crippen LogP contribution < -0.4 is 5.73 Å². The number of hydrogen-bond acceptors (Lipinski definition) is 6. The molecule has 3 rings (SSSR count). The Morgan fingerprint density at radius 2 is 1.96 bits per heavy atom. The lowest BCUT2D eigenvalue weighted by Crippen LogP contribution is -2.53. The Labute approximate surface area is 147 Å². The van der Waals surface area contributed by atoms with E-state index in [1.807, 2.05) is 42.2 Å². The molecule has 0 spiro atoms. The van der Waals surface area contributed by atoms with Crippen LogP contribution in [0.5, 0.6) is 0 Å². The number of amides is 1. The molecule has 0 saturated carbocycles. The lowest BCUT2D eigenvalue weighted by Gasteiger charge is -2.35. The van der Waals surface area contributed by atoms with Gasteiger partial charge in [-0.2, -0.15) is 4.98 Å². The highest BCUT2D eigenvalue weighted by Crippen LogP contribution is 2.10. The van der Waals surface area contributed by atoms with Crippen LogP contribution in [0, 0.1) is 0 Å². The molecule has 1 aliphatic rings. The van der Waals surface area contributed by atoms with Crippen LogP contribution >= 0.6 is 0 Å². The number of piperazine rings is 1. The summed E-state index contributed by atoms with van der Waals surface area (Å²) in [5.74, 6) is 1.39. The number of hydrogen-bond donors (Lipinski definition) is 1. The first-order valence-corrected chi connectivity index (χ1v) is 8.78. The summed E-state index contributed by atoms with van der Waals surface area (Å²) in [5, 5.41) is 3.98. The fourth-order valence-electron chi connectivity index (χ4n) is 3.01. The Bertz CT molecular complexity index is 680. The maximum Gasteiger partial charge on any atom is 0.239 e. The predicted octanol–water partition coefficient (Wildman–Crippen LogP) is 0.846. The third-order valence-electron chi connectivity index (χ3n) is 4.48. The monoisotopic (exact) mass is 343 g/mol. The smallest absolute Gasteiger partial charge is 0.239 e. The van der Waals surface area contributed by atoms with E-state index < -0.39 is 6.04 Å². The van der Waals surface area contributed by atoms with Crippen LogP contribution in [0.4, 0.5) is 0 Å². The van der Waals surface area contributed by atoms with E-state index >= 15 is 0 Å². The van der Waals surface area contributed by atoms with E-state index in [0.29, 0.717) is 37.8 Å². The fraction of sp³-hybridized carbons (Fsp3) is 0.500. The standard InChI is InChI=1S/C18H25N5O2/c1-2-17-20-16(21-25-17)13-22-8-10-23(11-9-22)18(24)15(19)12-14-6-4-3-5-7-14/h3-7,15H,2,8-13,19H2,1H3. The van der Waals surface area contributed by atoms with Crippen molar-refractivity contribution in [2.45, 2.75) is 32.4 Å². The van der Waals surface area contributed by atoms with Crippen molar-refractivity contribution in [3.8, 4) is 0 Å². The summed E-state index contributed by atoms with van der Waals surface area (Å²) in [7, 11) is 0. The average Bonchev–Trinajstić information content (AvgIpc) is 3.10. The van der Waals surface area contributed by atoms with Gasteiger partial charge in [-0.15, -0.1) is 0 Å². The summed E-state index contributed by atoms with van der Waals surface area (Å²) in [6, 6.07) is 9.41. The summed E-state index contributed by atoms with van der Waals surface area (Å²) in [6.45, 7) is 5.58. The highest BCUT2D eigenvalue weighted by Gasteiger charge is 2.26. The zero-order valence-corrected chi connectivity index (χ0v) is 14.6. The Morgan fingerprint density at radius 3 is 2.60 bits per heavy atom. The van der Waals surface area contributed by atoms with Crippen LogP contribution in [-0.2, 0) is 24.2 Å². The molecule has 1 amide bonds. The second-order valence-electron chi connectivity index (χ2n) is 6.36. The van der Waals surface area contributed by atoms with Gasteiger partial charge in [-0.3, -0.25) is 9.69 Å². The van der Waals surface area contributed by atoms with Crippen LogP contribution in [0.25, 0.3) is 0 Å². The maximum absolute atomic E-state index is 12.6. The molecule has 1 aromatic carbocycles. The van der Waals surface area contributed by atoms with Crippen LogP contribution in [0.2, 0.25) is 0 Å². The molecule has 134 valence electrons. The second kappa shape index (κ2) is 8.22. The average molecular weight is 343 g/mol. The first kappa shape index (κ1) is 17.6. The molecular weight excluding hydrogens is 318 g/mol. The number of aryl methyl sites for hydroxylation is 1. The molecule has 2 heterocycles. The minimum atomic E-state index is -0.488. The zero-order valence-electron chi connectivity index (χ0n) is 14.6. The molecule has 7 nitrogen and oxygen atoms in total. The fourth-order valence-corrected chi connectivity index (χ4v) is 3.01. The highest BCUT2D eigenvalue weighted by atomic mass is 16.5. The van der Waals surface area contributed by atoms with E-state index in [0.717, 1.165) is 25.1 Å². The van der Waals surface area contributed by atoms with E-state index in [9.17, 15) is 4.79 Å². The lowest BCUT2D eigenvalue weighted by atomic mass is 10.1. The summed E-state index contributed by atoms with van der Waals surface area (Å²) < 4.78 is 5.13. The molecular formula is C18H25N5O2. The van der Waals surface area contributed by atoms with Gasteiger partial charge in [-0.25, -0.2) is 0 Å². The molecule has 1 saturated heterocycles. The minimum Gasteiger partial charge on any atom is -0.339 e. The molecule has 1 fully saturated rings. The van der Waals surface area contributed by atoms with Crippen molar-refractivity contribution in [1.29, 1.82) is 0 Å². The third kappa shape index (κ3) is 4.64. The molecule has 1 aliphatic heterocycles. The molecule has 2 N–H and O–H groups in total. The number of carbonyl (C=O) groups excluding carboxylic acids is 1. The molecule has 0 aliphatic carbocycles. The van der Waals surface area contributed by atoms with Crippen molar-refractivity contribution in [2.24, 2.45) is 5.73 Å². The van der Waals surface area contributed by atoms with Crippen molar-refractivity contribution < 1.29 is 9.32 Å². The van der Waals surface area contributed by atoms with Crippen molar-refractivity contribution in [1.82, 2.24) is 19.9 Å². The van der Waals surface area contributed by atoms with Gasteiger partial charge in [0.1, 0.15) is 0 Å². The number of rotatable bonds is 6. The third-order valence-corrected chi connectivity index (χ3v) is 4.48. The second-order valence-corrected chi connectivity index (χ2v) is 6.36. The van der Waals surface area contributed by atoms with Gasteiger partial charge >= 0.3 is 0 Å². The van der Waals surface area contributed by atoms with Gasteiger partial charge in [-0.05, 0) is 12.0 Å². The van der Waals surface area contributed by atoms with Crippen molar-refractivity contribution in [2.75, 3.05) is 26.2 Å². The molecule has 7 heteroatoms. The number of aromatic nitrogens is 2. The molecule has 1 aromatic heterocycles. The quantitative estimate of drug-likeness (QED) is 0.836. The van der Waals surface area contributed by atoms with E-state index in [1.165, 1.54) is 0 Å². The Morgan fingerprint density at radius 1 is 1.24 bits per heavy atom. The first-order chi connectivity index (χ1) is 12.2. The van der Waals surface area contributed by atoms with Crippen molar-refractivity contribution in [3.05, 3.63) is 47.6 Å². The number of carbonyl (C=O) groups is 1. The van der Waals surface area contributed by atoms with E-state index in [1.54, 1.807) is 0 Å². The Hall–Kier alpha value is -2.25. The van der Waals surface area contributed by atoms with Gasteiger partial charge in [0, 0.05) is 32.6 Å². The number of nitrogens with two attached hydrogens (primary N) is 1. The van der Waals surface area contributed by atoms with E-state index in [2.05, 4.69) is 15.0 Å². The molecule has 1 atom stereocenters. The summed E-state index contributed by atoms with van der Waals surface area (Å²) in [5.41, 5.74) is 7.21. The molecule has 1 unspecified atom stereocenters. The van der Waals surface area contributed by atoms with E-state index in [4.69, 9.17) is 10.3 Å². The summed E-state index contributed by atoms with van der Waals surface area (Å²) in [6.07, 6.45) is 1.32. The summed E-state index contributed by atoms with van der Waals surface area (Å²) in [4.78, 5) is 21.0. The first-order valence-electron chi connectivity index (χ1n) is 8.78. The Kier molecular flexibility index (Phi) is 5.78. The van der Waals surface area contributed by atoms with Gasteiger partial charge in [0.15, 0.2) is 5.82 Å². The van der Waals surface area contributed by atoms with Gasteiger partial charge in [-0.1, -0.05) is 42.4 Å². The highest BCUT2D eigenvalue weighted by molar-refractivity contribution is 5.82. The molecule has 0 radical (unpaired) electrons. The van der Waals surface area contributed by atoms with Crippen LogP contribution in [0.3, 0.4) is 0 Å². The molecule has 25 heavy (non-hydrogen) atoms. The molecule has 2 aromatic rings. The molecule has 0 bridgehead atoms. The summed E-state index contributed by atoms with van der Waals surface area (Å²) >= 11 is 0. The van der Waals surface area contributed by atoms with Crippen LogP contribution in [0.1, 0.15) is 24.2 Å².